The predicted molar refractivity (Wildman–Crippen MR) is 117 cm³/mol. The molecule has 0 radical (unpaired) electrons. The number of benzene rings is 2. The van der Waals surface area contributed by atoms with E-state index in [0.717, 1.165) is 11.6 Å². The summed E-state index contributed by atoms with van der Waals surface area (Å²) in [4.78, 5) is 15.9. The molecular weight excluding hydrogens is 462 g/mol. The molecule has 0 saturated carbocycles. The molecule has 33 heavy (non-hydrogen) atoms. The second-order valence-electron chi connectivity index (χ2n) is 7.38. The molecule has 0 spiro atoms. The van der Waals surface area contributed by atoms with E-state index in [1.54, 1.807) is 12.1 Å². The highest BCUT2D eigenvalue weighted by Crippen LogP contribution is 2.33. The van der Waals surface area contributed by atoms with Crippen LogP contribution in [0.3, 0.4) is 0 Å². The molecule has 1 fully saturated rings. The summed E-state index contributed by atoms with van der Waals surface area (Å²) >= 11 is 5.90. The number of hydrogen-bond acceptors (Lipinski definition) is 4. The highest BCUT2D eigenvalue weighted by atomic mass is 35.5. The number of anilines is 2. The number of alkyl halides is 3. The van der Waals surface area contributed by atoms with Crippen molar-refractivity contribution in [3.8, 4) is 11.3 Å². The van der Waals surface area contributed by atoms with Gasteiger partial charge in [0.2, 0.25) is 0 Å². The summed E-state index contributed by atoms with van der Waals surface area (Å²) in [5.41, 5.74) is 0.0333. The van der Waals surface area contributed by atoms with Crippen molar-refractivity contribution in [2.24, 2.45) is 0 Å². The second-order valence-corrected chi connectivity index (χ2v) is 7.82. The third-order valence-corrected chi connectivity index (χ3v) is 5.46. The van der Waals surface area contributed by atoms with Gasteiger partial charge in [-0.3, -0.25) is 0 Å². The average molecular weight is 480 g/mol. The number of halogens is 5. The fraction of sp³-hybridized carbons (Fsp3) is 0.227. The molecule has 172 valence electrons. The van der Waals surface area contributed by atoms with Crippen LogP contribution in [0.2, 0.25) is 5.02 Å². The normalized spacial score (nSPS) is 14.3. The van der Waals surface area contributed by atoms with Gasteiger partial charge in [-0.15, -0.1) is 10.2 Å². The number of piperazine rings is 1. The van der Waals surface area contributed by atoms with Gasteiger partial charge in [0.15, 0.2) is 5.82 Å². The van der Waals surface area contributed by atoms with Crippen molar-refractivity contribution in [3.05, 3.63) is 71.0 Å². The highest BCUT2D eigenvalue weighted by molar-refractivity contribution is 6.30. The Hall–Kier alpha value is -3.40. The topological polar surface area (TPSA) is 61.4 Å². The number of carbonyl (C=O) groups excluding carboxylic acids is 1. The summed E-state index contributed by atoms with van der Waals surface area (Å²) in [5, 5.41) is 11.5. The first-order valence-corrected chi connectivity index (χ1v) is 10.4. The summed E-state index contributed by atoms with van der Waals surface area (Å²) in [6, 6.07) is 12.7. The van der Waals surface area contributed by atoms with E-state index >= 15 is 0 Å². The van der Waals surface area contributed by atoms with Crippen molar-refractivity contribution in [3.63, 3.8) is 0 Å². The average Bonchev–Trinajstić information content (AvgIpc) is 2.80. The van der Waals surface area contributed by atoms with Crippen molar-refractivity contribution in [2.45, 2.75) is 6.18 Å². The van der Waals surface area contributed by atoms with Crippen LogP contribution in [0.4, 0.5) is 33.9 Å². The molecule has 0 atom stereocenters. The van der Waals surface area contributed by atoms with Crippen LogP contribution in [-0.2, 0) is 6.18 Å². The molecule has 2 aromatic carbocycles. The summed E-state index contributed by atoms with van der Waals surface area (Å²) < 4.78 is 52.1. The number of hydrogen-bond donors (Lipinski definition) is 1. The molecule has 2 heterocycles. The first-order chi connectivity index (χ1) is 15.7. The number of amides is 2. The van der Waals surface area contributed by atoms with Crippen LogP contribution in [0.15, 0.2) is 54.6 Å². The van der Waals surface area contributed by atoms with E-state index in [9.17, 15) is 22.4 Å². The third kappa shape index (κ3) is 5.33. The number of urea groups is 1. The maximum absolute atomic E-state index is 13.4. The zero-order valence-corrected chi connectivity index (χ0v) is 17.9. The molecule has 1 saturated heterocycles. The first-order valence-electron chi connectivity index (χ1n) is 9.98. The number of rotatable bonds is 3. The van der Waals surface area contributed by atoms with Crippen LogP contribution >= 0.6 is 11.6 Å². The molecule has 0 unspecified atom stereocenters. The molecule has 1 aliphatic heterocycles. The van der Waals surface area contributed by atoms with Gasteiger partial charge in [0.05, 0.1) is 11.3 Å². The molecular formula is C22H18ClF4N5O. The van der Waals surface area contributed by atoms with Gasteiger partial charge >= 0.3 is 12.2 Å². The Balaban J connectivity index is 1.35. The smallest absolute Gasteiger partial charge is 0.352 e. The first kappa shape index (κ1) is 22.8. The van der Waals surface area contributed by atoms with Gasteiger partial charge in [0, 0.05) is 42.5 Å². The van der Waals surface area contributed by atoms with Crippen LogP contribution in [0.1, 0.15) is 5.56 Å². The Morgan fingerprint density at radius 2 is 1.64 bits per heavy atom. The van der Waals surface area contributed by atoms with E-state index in [0.29, 0.717) is 54.8 Å². The minimum Gasteiger partial charge on any atom is -0.352 e. The molecule has 1 aliphatic rings. The van der Waals surface area contributed by atoms with Gasteiger partial charge in [-0.25, -0.2) is 9.18 Å². The summed E-state index contributed by atoms with van der Waals surface area (Å²) in [7, 11) is 0. The van der Waals surface area contributed by atoms with Gasteiger partial charge in [-0.1, -0.05) is 23.7 Å². The van der Waals surface area contributed by atoms with Gasteiger partial charge in [0.25, 0.3) is 0 Å². The number of aromatic nitrogens is 2. The SMILES string of the molecule is O=C(Nc1ccc(F)c(C(F)(F)F)c1)N1CCN(c2ccc(-c3ccc(Cl)cc3)nn2)CC1. The van der Waals surface area contributed by atoms with Crippen molar-refractivity contribution < 1.29 is 22.4 Å². The Morgan fingerprint density at radius 3 is 2.24 bits per heavy atom. The van der Waals surface area contributed by atoms with Gasteiger partial charge in [0.1, 0.15) is 5.82 Å². The Kier molecular flexibility index (Phi) is 6.37. The van der Waals surface area contributed by atoms with Gasteiger partial charge in [-0.05, 0) is 42.5 Å². The standard InChI is InChI=1S/C22H18ClF4N5O/c23-15-3-1-14(2-4-15)19-7-8-20(30-29-19)31-9-11-32(12-10-31)21(33)28-16-5-6-18(24)17(13-16)22(25,26)27/h1-8,13H,9-12H2,(H,28,33). The molecule has 4 rings (SSSR count). The van der Waals surface area contributed by atoms with E-state index in [1.165, 1.54) is 4.90 Å². The minimum atomic E-state index is -4.85. The fourth-order valence-corrected chi connectivity index (χ4v) is 3.56. The number of nitrogens with one attached hydrogen (secondary N) is 1. The Morgan fingerprint density at radius 1 is 0.939 bits per heavy atom. The van der Waals surface area contributed by atoms with Crippen LogP contribution < -0.4 is 10.2 Å². The molecule has 2 amide bonds. The Bertz CT molecular complexity index is 1130. The maximum atomic E-state index is 13.4. The van der Waals surface area contributed by atoms with E-state index in [4.69, 9.17) is 11.6 Å². The minimum absolute atomic E-state index is 0.125. The maximum Gasteiger partial charge on any atom is 0.419 e. The Labute approximate surface area is 191 Å². The van der Waals surface area contributed by atoms with E-state index in [2.05, 4.69) is 15.5 Å². The molecule has 1 N–H and O–H groups in total. The summed E-state index contributed by atoms with van der Waals surface area (Å²) in [5.74, 6) is -0.738. The van der Waals surface area contributed by atoms with Gasteiger partial charge in [-0.2, -0.15) is 13.2 Å². The van der Waals surface area contributed by atoms with Gasteiger partial charge < -0.3 is 15.1 Å². The summed E-state index contributed by atoms with van der Waals surface area (Å²) in [6.45, 7) is 1.61. The largest absolute Gasteiger partial charge is 0.419 e. The van der Waals surface area contributed by atoms with Crippen LogP contribution in [0, 0.1) is 5.82 Å². The lowest BCUT2D eigenvalue weighted by Crippen LogP contribution is -2.50. The van der Waals surface area contributed by atoms with Crippen molar-refractivity contribution in [2.75, 3.05) is 36.4 Å². The third-order valence-electron chi connectivity index (χ3n) is 5.20. The number of nitrogens with zero attached hydrogens (tertiary/aromatic N) is 4. The monoisotopic (exact) mass is 479 g/mol. The predicted octanol–water partition coefficient (Wildman–Crippen LogP) is 5.31. The zero-order chi connectivity index (χ0) is 23.6. The molecule has 1 aromatic heterocycles. The summed E-state index contributed by atoms with van der Waals surface area (Å²) in [6.07, 6.45) is -4.85. The lowest BCUT2D eigenvalue weighted by atomic mass is 10.1. The zero-order valence-electron chi connectivity index (χ0n) is 17.1. The molecule has 11 heteroatoms. The second kappa shape index (κ2) is 9.22. The molecule has 6 nitrogen and oxygen atoms in total. The number of carbonyl (C=O) groups is 1. The van der Waals surface area contributed by atoms with Crippen LogP contribution in [0.25, 0.3) is 11.3 Å². The van der Waals surface area contributed by atoms with Crippen molar-refractivity contribution in [1.82, 2.24) is 15.1 Å². The fourth-order valence-electron chi connectivity index (χ4n) is 3.43. The van der Waals surface area contributed by atoms with Crippen LogP contribution in [-0.4, -0.2) is 47.3 Å². The van der Waals surface area contributed by atoms with Crippen molar-refractivity contribution >= 4 is 29.1 Å². The lowest BCUT2D eigenvalue weighted by Gasteiger charge is -2.35. The molecule has 0 bridgehead atoms. The quantitative estimate of drug-likeness (QED) is 0.517. The molecule has 0 aliphatic carbocycles. The van der Waals surface area contributed by atoms with E-state index < -0.39 is 23.6 Å². The van der Waals surface area contributed by atoms with E-state index in [-0.39, 0.29) is 5.69 Å². The van der Waals surface area contributed by atoms with Crippen molar-refractivity contribution in [1.29, 1.82) is 0 Å². The molecule has 3 aromatic rings. The lowest BCUT2D eigenvalue weighted by molar-refractivity contribution is -0.139. The highest BCUT2D eigenvalue weighted by Gasteiger charge is 2.34. The van der Waals surface area contributed by atoms with Crippen LogP contribution in [0.5, 0.6) is 0 Å². The van der Waals surface area contributed by atoms with E-state index in [1.807, 2.05) is 29.2 Å².